The predicted molar refractivity (Wildman–Crippen MR) is 85.3 cm³/mol. The maximum Gasteiger partial charge on any atom is 0.307 e. The van der Waals surface area contributed by atoms with E-state index in [1.165, 1.54) is 0 Å². The van der Waals surface area contributed by atoms with Gasteiger partial charge >= 0.3 is 5.97 Å². The van der Waals surface area contributed by atoms with Crippen molar-refractivity contribution in [3.63, 3.8) is 0 Å². The molecule has 2 unspecified atom stereocenters. The Hall–Kier alpha value is -1.29. The van der Waals surface area contributed by atoms with Crippen LogP contribution in [0.1, 0.15) is 49.8 Å². The fourth-order valence-corrected chi connectivity index (χ4v) is 4.21. The molecule has 0 aromatic heterocycles. The van der Waals surface area contributed by atoms with Gasteiger partial charge in [0.15, 0.2) is 0 Å². The monoisotopic (exact) mass is 306 g/mol. The summed E-state index contributed by atoms with van der Waals surface area (Å²) in [6.45, 7) is 2.23. The summed E-state index contributed by atoms with van der Waals surface area (Å²) in [7, 11) is 0. The maximum absolute atomic E-state index is 11.8. The molecule has 1 saturated carbocycles. The first-order valence-electron chi connectivity index (χ1n) is 7.56. The lowest BCUT2D eigenvalue weighted by molar-refractivity contribution is -0.143. The predicted octanol–water partition coefficient (Wildman–Crippen LogP) is 3.93. The van der Waals surface area contributed by atoms with E-state index in [0.29, 0.717) is 36.9 Å². The standard InChI is InChI=1S/C17H22O3S/c1-2-20-17(19)12-16(13-7-4-3-5-8-13)21-15-10-6-9-14(18)11-15/h3-5,7-8,15-16H,2,6,9-12H2,1H3. The van der Waals surface area contributed by atoms with Crippen molar-refractivity contribution in [2.24, 2.45) is 0 Å². The van der Waals surface area contributed by atoms with E-state index >= 15 is 0 Å². The molecule has 114 valence electrons. The second-order valence-corrected chi connectivity index (χ2v) is 6.81. The molecule has 1 aliphatic rings. The average Bonchev–Trinajstić information content (AvgIpc) is 2.48. The molecular weight excluding hydrogens is 284 g/mol. The van der Waals surface area contributed by atoms with Crippen LogP contribution in [0.25, 0.3) is 0 Å². The zero-order valence-corrected chi connectivity index (χ0v) is 13.2. The number of thioether (sulfide) groups is 1. The van der Waals surface area contributed by atoms with E-state index in [0.717, 1.165) is 18.4 Å². The number of Topliss-reactive ketones (excluding diaryl/α,β-unsaturated/α-hetero) is 1. The first-order chi connectivity index (χ1) is 10.2. The summed E-state index contributed by atoms with van der Waals surface area (Å²) < 4.78 is 5.08. The lowest BCUT2D eigenvalue weighted by atomic mass is 9.99. The van der Waals surface area contributed by atoms with Gasteiger partial charge in [0, 0.05) is 23.3 Å². The molecule has 0 saturated heterocycles. The largest absolute Gasteiger partial charge is 0.466 e. The molecule has 1 aromatic carbocycles. The summed E-state index contributed by atoms with van der Waals surface area (Å²) in [5.41, 5.74) is 1.13. The van der Waals surface area contributed by atoms with Crippen molar-refractivity contribution >= 4 is 23.5 Å². The number of rotatable bonds is 6. The molecule has 0 spiro atoms. The van der Waals surface area contributed by atoms with Crippen molar-refractivity contribution in [1.82, 2.24) is 0 Å². The van der Waals surface area contributed by atoms with Crippen LogP contribution in [0.5, 0.6) is 0 Å². The minimum atomic E-state index is -0.166. The third-order valence-electron chi connectivity index (χ3n) is 3.62. The fraction of sp³-hybridized carbons (Fsp3) is 0.529. The smallest absolute Gasteiger partial charge is 0.307 e. The minimum absolute atomic E-state index is 0.0705. The summed E-state index contributed by atoms with van der Waals surface area (Å²) >= 11 is 1.76. The van der Waals surface area contributed by atoms with E-state index in [1.807, 2.05) is 37.3 Å². The van der Waals surface area contributed by atoms with Gasteiger partial charge in [0.25, 0.3) is 0 Å². The first kappa shape index (κ1) is 16.1. The Kier molecular flexibility index (Phi) is 6.30. The third-order valence-corrected chi connectivity index (χ3v) is 5.18. The Bertz CT molecular complexity index is 472. The SMILES string of the molecule is CCOC(=O)CC(SC1CCCC(=O)C1)c1ccccc1. The molecule has 0 N–H and O–H groups in total. The van der Waals surface area contributed by atoms with Gasteiger partial charge in [-0.2, -0.15) is 0 Å². The first-order valence-corrected chi connectivity index (χ1v) is 8.51. The Morgan fingerprint density at radius 3 is 2.81 bits per heavy atom. The number of benzene rings is 1. The number of ether oxygens (including phenoxy) is 1. The van der Waals surface area contributed by atoms with E-state index in [1.54, 1.807) is 11.8 Å². The number of hydrogen-bond acceptors (Lipinski definition) is 4. The van der Waals surface area contributed by atoms with Crippen LogP contribution in [-0.2, 0) is 14.3 Å². The molecule has 0 bridgehead atoms. The number of carbonyl (C=O) groups excluding carboxylic acids is 2. The van der Waals surface area contributed by atoms with Crippen molar-refractivity contribution in [1.29, 1.82) is 0 Å². The van der Waals surface area contributed by atoms with Crippen LogP contribution < -0.4 is 0 Å². The molecule has 4 heteroatoms. The Morgan fingerprint density at radius 2 is 2.14 bits per heavy atom. The van der Waals surface area contributed by atoms with Crippen molar-refractivity contribution in [2.45, 2.75) is 49.5 Å². The maximum atomic E-state index is 11.8. The van der Waals surface area contributed by atoms with Crippen LogP contribution in [0.15, 0.2) is 30.3 Å². The van der Waals surface area contributed by atoms with Crippen LogP contribution in [0.4, 0.5) is 0 Å². The lowest BCUT2D eigenvalue weighted by Gasteiger charge is -2.25. The van der Waals surface area contributed by atoms with Crippen molar-refractivity contribution in [3.8, 4) is 0 Å². The van der Waals surface area contributed by atoms with Gasteiger partial charge in [-0.1, -0.05) is 30.3 Å². The minimum Gasteiger partial charge on any atom is -0.466 e. The summed E-state index contributed by atoms with van der Waals surface area (Å²) in [4.78, 5) is 23.4. The number of hydrogen-bond donors (Lipinski definition) is 0. The molecule has 0 amide bonds. The quantitative estimate of drug-likeness (QED) is 0.747. The Labute approximate surface area is 130 Å². The molecule has 2 rings (SSSR count). The highest BCUT2D eigenvalue weighted by molar-refractivity contribution is 8.00. The summed E-state index contributed by atoms with van der Waals surface area (Å²) in [5.74, 6) is 0.183. The molecule has 1 fully saturated rings. The van der Waals surface area contributed by atoms with E-state index in [2.05, 4.69) is 0 Å². The number of esters is 1. The van der Waals surface area contributed by atoms with Crippen LogP contribution in [0.2, 0.25) is 0 Å². The molecule has 2 atom stereocenters. The van der Waals surface area contributed by atoms with Crippen molar-refractivity contribution in [2.75, 3.05) is 6.61 Å². The highest BCUT2D eigenvalue weighted by Gasteiger charge is 2.26. The Morgan fingerprint density at radius 1 is 1.38 bits per heavy atom. The van der Waals surface area contributed by atoms with Gasteiger partial charge in [-0.15, -0.1) is 11.8 Å². The van der Waals surface area contributed by atoms with E-state index < -0.39 is 0 Å². The number of carbonyl (C=O) groups is 2. The molecule has 0 heterocycles. The second kappa shape index (κ2) is 8.23. The van der Waals surface area contributed by atoms with Gasteiger partial charge in [0.2, 0.25) is 0 Å². The van der Waals surface area contributed by atoms with Crippen molar-refractivity contribution < 1.29 is 14.3 Å². The highest BCUT2D eigenvalue weighted by atomic mass is 32.2. The van der Waals surface area contributed by atoms with Crippen molar-refractivity contribution in [3.05, 3.63) is 35.9 Å². The van der Waals surface area contributed by atoms with Gasteiger partial charge in [-0.05, 0) is 25.3 Å². The third kappa shape index (κ3) is 5.20. The second-order valence-electron chi connectivity index (χ2n) is 5.30. The lowest BCUT2D eigenvalue weighted by Crippen LogP contribution is -2.19. The van der Waals surface area contributed by atoms with Gasteiger partial charge in [-0.3, -0.25) is 9.59 Å². The normalized spacial score (nSPS) is 20.0. The highest BCUT2D eigenvalue weighted by Crippen LogP contribution is 2.40. The molecule has 21 heavy (non-hydrogen) atoms. The van der Waals surface area contributed by atoms with Crippen LogP contribution in [0.3, 0.4) is 0 Å². The van der Waals surface area contributed by atoms with Crippen LogP contribution in [-0.4, -0.2) is 23.6 Å². The fourth-order valence-electron chi connectivity index (χ4n) is 2.62. The average molecular weight is 306 g/mol. The summed E-state index contributed by atoms with van der Waals surface area (Å²) in [6, 6.07) is 10.0. The summed E-state index contributed by atoms with van der Waals surface area (Å²) in [5, 5.41) is 0.395. The zero-order chi connectivity index (χ0) is 15.1. The van der Waals surface area contributed by atoms with Gasteiger partial charge in [0.1, 0.15) is 5.78 Å². The van der Waals surface area contributed by atoms with E-state index in [4.69, 9.17) is 4.74 Å². The van der Waals surface area contributed by atoms with Gasteiger partial charge in [-0.25, -0.2) is 0 Å². The topological polar surface area (TPSA) is 43.4 Å². The van der Waals surface area contributed by atoms with Gasteiger partial charge < -0.3 is 4.74 Å². The van der Waals surface area contributed by atoms with Gasteiger partial charge in [0.05, 0.1) is 13.0 Å². The number of ketones is 1. The molecule has 3 nitrogen and oxygen atoms in total. The van der Waals surface area contributed by atoms with E-state index in [9.17, 15) is 9.59 Å². The van der Waals surface area contributed by atoms with Crippen LogP contribution >= 0.6 is 11.8 Å². The van der Waals surface area contributed by atoms with Crippen LogP contribution in [0, 0.1) is 0 Å². The molecular formula is C17H22O3S. The Balaban J connectivity index is 2.04. The molecule has 1 aromatic rings. The van der Waals surface area contributed by atoms with E-state index in [-0.39, 0.29) is 11.2 Å². The molecule has 0 radical (unpaired) electrons. The summed E-state index contributed by atoms with van der Waals surface area (Å²) in [6.07, 6.45) is 3.74. The zero-order valence-electron chi connectivity index (χ0n) is 12.4. The molecule has 1 aliphatic carbocycles. The molecule has 0 aliphatic heterocycles.